The summed E-state index contributed by atoms with van der Waals surface area (Å²) in [6.07, 6.45) is 0.765. The second-order valence-corrected chi connectivity index (χ2v) is 5.63. The third-order valence-electron chi connectivity index (χ3n) is 4.09. The van der Waals surface area contributed by atoms with Crippen LogP contribution < -0.4 is 5.32 Å². The van der Waals surface area contributed by atoms with Crippen LogP contribution in [0.2, 0.25) is 0 Å². The summed E-state index contributed by atoms with van der Waals surface area (Å²) in [7, 11) is 1.91. The van der Waals surface area contributed by atoms with Crippen LogP contribution in [0.5, 0.6) is 0 Å². The molecule has 2 N–H and O–H groups in total. The maximum Gasteiger partial charge on any atom is 0.267 e. The molecule has 118 valence electrons. The van der Waals surface area contributed by atoms with Gasteiger partial charge in [-0.15, -0.1) is 0 Å². The molecule has 1 amide bonds. The Bertz CT molecular complexity index is 819. The minimum atomic E-state index is -0.0596. The molecule has 0 spiro atoms. The summed E-state index contributed by atoms with van der Waals surface area (Å²) >= 11 is 0. The summed E-state index contributed by atoms with van der Waals surface area (Å²) in [6, 6.07) is 17.6. The molecule has 0 unspecified atom stereocenters. The van der Waals surface area contributed by atoms with Gasteiger partial charge in [0.05, 0.1) is 6.61 Å². The van der Waals surface area contributed by atoms with Gasteiger partial charge in [0.25, 0.3) is 5.91 Å². The molecule has 0 saturated carbocycles. The van der Waals surface area contributed by atoms with E-state index >= 15 is 0 Å². The van der Waals surface area contributed by atoms with E-state index in [1.165, 1.54) is 0 Å². The van der Waals surface area contributed by atoms with Gasteiger partial charge >= 0.3 is 0 Å². The molecule has 23 heavy (non-hydrogen) atoms. The first-order valence-electron chi connectivity index (χ1n) is 7.70. The maximum atomic E-state index is 12.4. The quantitative estimate of drug-likeness (QED) is 0.761. The minimum absolute atomic E-state index is 0.0536. The fourth-order valence-electron chi connectivity index (χ4n) is 2.73. The molecule has 0 aliphatic heterocycles. The van der Waals surface area contributed by atoms with Gasteiger partial charge < -0.3 is 15.0 Å². The van der Waals surface area contributed by atoms with Crippen LogP contribution in [0.15, 0.2) is 54.6 Å². The number of carbonyl (C=O) groups excluding carboxylic acids is 1. The molecule has 1 heterocycles. The zero-order valence-electron chi connectivity index (χ0n) is 13.1. The zero-order valence-corrected chi connectivity index (χ0v) is 13.1. The first-order chi connectivity index (χ1) is 11.2. The number of aryl methyl sites for hydroxylation is 1. The van der Waals surface area contributed by atoms with Crippen molar-refractivity contribution in [3.05, 3.63) is 71.4 Å². The van der Waals surface area contributed by atoms with E-state index in [0.717, 1.165) is 28.5 Å². The van der Waals surface area contributed by atoms with E-state index in [1.54, 1.807) is 0 Å². The number of nitrogens with zero attached hydrogens (tertiary/aromatic N) is 1. The van der Waals surface area contributed by atoms with Gasteiger partial charge in [-0.2, -0.15) is 0 Å². The summed E-state index contributed by atoms with van der Waals surface area (Å²) in [5.41, 5.74) is 3.76. The van der Waals surface area contributed by atoms with Crippen molar-refractivity contribution in [2.24, 2.45) is 7.05 Å². The minimum Gasteiger partial charge on any atom is -0.392 e. The third kappa shape index (κ3) is 3.27. The van der Waals surface area contributed by atoms with E-state index in [2.05, 4.69) is 5.32 Å². The Balaban J connectivity index is 1.63. The summed E-state index contributed by atoms with van der Waals surface area (Å²) in [5, 5.41) is 13.1. The Kier molecular flexibility index (Phi) is 4.44. The Hall–Kier alpha value is -2.59. The molecule has 2 aromatic carbocycles. The van der Waals surface area contributed by atoms with E-state index in [1.807, 2.05) is 66.2 Å². The molecule has 1 aromatic heterocycles. The molecule has 0 aliphatic carbocycles. The lowest BCUT2D eigenvalue weighted by molar-refractivity contribution is 0.0946. The maximum absolute atomic E-state index is 12.4. The number of carbonyl (C=O) groups is 1. The van der Waals surface area contributed by atoms with Crippen LogP contribution in [0, 0.1) is 0 Å². The molecular weight excluding hydrogens is 288 g/mol. The molecular formula is C19H20N2O2. The van der Waals surface area contributed by atoms with Gasteiger partial charge in [-0.25, -0.2) is 0 Å². The number of aromatic nitrogens is 1. The lowest BCUT2D eigenvalue weighted by atomic mass is 10.1. The Labute approximate surface area is 135 Å². The van der Waals surface area contributed by atoms with Crippen molar-refractivity contribution in [3.8, 4) is 0 Å². The number of aliphatic hydroxyl groups excluding tert-OH is 1. The van der Waals surface area contributed by atoms with Crippen molar-refractivity contribution in [3.63, 3.8) is 0 Å². The number of nitrogens with one attached hydrogen (secondary N) is 1. The fourth-order valence-corrected chi connectivity index (χ4v) is 2.73. The number of benzene rings is 2. The van der Waals surface area contributed by atoms with E-state index in [-0.39, 0.29) is 12.5 Å². The van der Waals surface area contributed by atoms with Crippen LogP contribution in [0.25, 0.3) is 10.9 Å². The van der Waals surface area contributed by atoms with Crippen LogP contribution in [-0.2, 0) is 20.1 Å². The van der Waals surface area contributed by atoms with Crippen molar-refractivity contribution in [2.75, 3.05) is 6.54 Å². The summed E-state index contributed by atoms with van der Waals surface area (Å²) < 4.78 is 1.92. The van der Waals surface area contributed by atoms with Crippen LogP contribution >= 0.6 is 0 Å². The average Bonchev–Trinajstić information content (AvgIpc) is 2.93. The number of fused-ring (bicyclic) bond motifs is 1. The van der Waals surface area contributed by atoms with Crippen molar-refractivity contribution in [1.29, 1.82) is 0 Å². The number of para-hydroxylation sites is 1. The first-order valence-corrected chi connectivity index (χ1v) is 7.70. The van der Waals surface area contributed by atoms with Gasteiger partial charge in [-0.3, -0.25) is 4.79 Å². The average molecular weight is 308 g/mol. The zero-order chi connectivity index (χ0) is 16.2. The topological polar surface area (TPSA) is 54.3 Å². The SMILES string of the molecule is Cn1c(C(=O)NCCc2ccc(CO)cc2)cc2ccccc21. The monoisotopic (exact) mass is 308 g/mol. The van der Waals surface area contributed by atoms with Gasteiger partial charge in [0, 0.05) is 24.5 Å². The summed E-state index contributed by atoms with van der Waals surface area (Å²) in [4.78, 5) is 12.4. The lowest BCUT2D eigenvalue weighted by Gasteiger charge is -2.07. The molecule has 3 aromatic rings. The van der Waals surface area contributed by atoms with E-state index in [4.69, 9.17) is 5.11 Å². The standard InChI is InChI=1S/C19H20N2O2/c1-21-17-5-3-2-4-16(17)12-18(21)19(23)20-11-10-14-6-8-15(13-22)9-7-14/h2-9,12,22H,10-11,13H2,1H3,(H,20,23). The highest BCUT2D eigenvalue weighted by Gasteiger charge is 2.12. The number of hydrogen-bond donors (Lipinski definition) is 2. The van der Waals surface area contributed by atoms with Crippen LogP contribution in [0.1, 0.15) is 21.6 Å². The molecule has 3 rings (SSSR count). The highest BCUT2D eigenvalue weighted by Crippen LogP contribution is 2.18. The van der Waals surface area contributed by atoms with Crippen molar-refractivity contribution >= 4 is 16.8 Å². The van der Waals surface area contributed by atoms with Crippen LogP contribution in [0.3, 0.4) is 0 Å². The van der Waals surface area contributed by atoms with Gasteiger partial charge in [0.15, 0.2) is 0 Å². The predicted molar refractivity (Wildman–Crippen MR) is 91.3 cm³/mol. The van der Waals surface area contributed by atoms with Gasteiger partial charge in [0.1, 0.15) is 5.69 Å². The third-order valence-corrected chi connectivity index (χ3v) is 4.09. The number of aliphatic hydroxyl groups is 1. The Morgan fingerprint density at radius 3 is 2.48 bits per heavy atom. The normalized spacial score (nSPS) is 10.9. The molecule has 0 atom stereocenters. The van der Waals surface area contributed by atoms with Crippen molar-refractivity contribution in [2.45, 2.75) is 13.0 Å². The Morgan fingerprint density at radius 1 is 1.09 bits per heavy atom. The smallest absolute Gasteiger partial charge is 0.267 e. The predicted octanol–water partition coefficient (Wildman–Crippen LogP) is 2.64. The molecule has 4 nitrogen and oxygen atoms in total. The molecule has 0 radical (unpaired) electrons. The summed E-state index contributed by atoms with van der Waals surface area (Å²) in [5.74, 6) is -0.0596. The second-order valence-electron chi connectivity index (χ2n) is 5.63. The lowest BCUT2D eigenvalue weighted by Crippen LogP contribution is -2.27. The highest BCUT2D eigenvalue weighted by atomic mass is 16.3. The fraction of sp³-hybridized carbons (Fsp3) is 0.211. The number of hydrogen-bond acceptors (Lipinski definition) is 2. The van der Waals surface area contributed by atoms with Gasteiger partial charge in [-0.1, -0.05) is 42.5 Å². The van der Waals surface area contributed by atoms with E-state index < -0.39 is 0 Å². The first kappa shape index (κ1) is 15.3. The van der Waals surface area contributed by atoms with Crippen LogP contribution in [0.4, 0.5) is 0 Å². The van der Waals surface area contributed by atoms with Crippen molar-refractivity contribution < 1.29 is 9.90 Å². The number of rotatable bonds is 5. The molecule has 0 saturated heterocycles. The Morgan fingerprint density at radius 2 is 1.78 bits per heavy atom. The highest BCUT2D eigenvalue weighted by molar-refractivity contribution is 5.98. The van der Waals surface area contributed by atoms with Gasteiger partial charge in [-0.05, 0) is 29.7 Å². The van der Waals surface area contributed by atoms with Gasteiger partial charge in [0.2, 0.25) is 0 Å². The van der Waals surface area contributed by atoms with Crippen molar-refractivity contribution in [1.82, 2.24) is 9.88 Å². The number of amides is 1. The van der Waals surface area contributed by atoms with E-state index in [9.17, 15) is 4.79 Å². The van der Waals surface area contributed by atoms with E-state index in [0.29, 0.717) is 12.2 Å². The molecule has 4 heteroatoms. The van der Waals surface area contributed by atoms with Crippen LogP contribution in [-0.4, -0.2) is 22.1 Å². The molecule has 0 bridgehead atoms. The molecule has 0 aliphatic rings. The largest absolute Gasteiger partial charge is 0.392 e. The second kappa shape index (κ2) is 6.67. The summed E-state index contributed by atoms with van der Waals surface area (Å²) in [6.45, 7) is 0.636. The molecule has 0 fully saturated rings.